The lowest BCUT2D eigenvalue weighted by Crippen LogP contribution is -2.37. The van der Waals surface area contributed by atoms with Crippen LogP contribution in [-0.4, -0.2) is 27.9 Å². The molecule has 1 unspecified atom stereocenters. The van der Waals surface area contributed by atoms with E-state index in [9.17, 15) is 4.79 Å². The highest BCUT2D eigenvalue weighted by Gasteiger charge is 2.14. The average Bonchev–Trinajstić information content (AvgIpc) is 2.79. The summed E-state index contributed by atoms with van der Waals surface area (Å²) in [6.45, 7) is 12.4. The lowest BCUT2D eigenvalue weighted by Gasteiger charge is -2.14. The molecule has 0 fully saturated rings. The van der Waals surface area contributed by atoms with Crippen molar-refractivity contribution in [1.82, 2.24) is 14.9 Å². The van der Waals surface area contributed by atoms with E-state index in [1.54, 1.807) is 19.4 Å². The van der Waals surface area contributed by atoms with E-state index in [2.05, 4.69) is 10.3 Å². The fourth-order valence-corrected chi connectivity index (χ4v) is 1.40. The Kier molecular flexibility index (Phi) is 13.1. The maximum atomic E-state index is 11.3. The molecule has 4 nitrogen and oxygen atoms in total. The number of Topliss-reactive ketones (excluding diaryl/α,β-unsaturated/α-hetero) is 1. The number of likely N-dealkylation sites (N-methyl/N-ethyl adjacent to an activating group) is 1. The summed E-state index contributed by atoms with van der Waals surface area (Å²) in [5.74, 6) is 0.174. The molecule has 1 rings (SSSR count). The fraction of sp³-hybridized carbons (Fsp3) is 0.714. The number of aromatic nitrogens is 2. The standard InChI is InChI=1S/C10H17N3O.2C2H6/c1-4-12-10(8(2)14)5-9-6-11-7-13(9)3;2*1-2/h6-7,10,12H,4-5H2,1-3H3;2*1-2H3. The minimum atomic E-state index is -0.0876. The molecule has 0 aromatic carbocycles. The second-order valence-corrected chi connectivity index (χ2v) is 3.42. The zero-order valence-corrected chi connectivity index (χ0v) is 12.9. The van der Waals surface area contributed by atoms with Crippen molar-refractivity contribution in [1.29, 1.82) is 0 Å². The number of carbonyl (C=O) groups excluding carboxylic acids is 1. The van der Waals surface area contributed by atoms with Crippen LogP contribution in [0, 0.1) is 0 Å². The van der Waals surface area contributed by atoms with Gasteiger partial charge in [0.1, 0.15) is 5.78 Å². The molecule has 0 amide bonds. The molecule has 0 spiro atoms. The van der Waals surface area contributed by atoms with E-state index in [1.807, 2.05) is 46.2 Å². The van der Waals surface area contributed by atoms with Crippen LogP contribution in [-0.2, 0) is 18.3 Å². The van der Waals surface area contributed by atoms with Crippen molar-refractivity contribution in [3.05, 3.63) is 18.2 Å². The Bertz CT molecular complexity index is 308. The molecule has 1 aromatic heterocycles. The number of imidazole rings is 1. The first-order valence-corrected chi connectivity index (χ1v) is 6.84. The lowest BCUT2D eigenvalue weighted by molar-refractivity contribution is -0.118. The van der Waals surface area contributed by atoms with Crippen LogP contribution in [0.4, 0.5) is 0 Å². The van der Waals surface area contributed by atoms with E-state index in [0.29, 0.717) is 6.42 Å². The molecule has 1 heterocycles. The van der Waals surface area contributed by atoms with Gasteiger partial charge in [0.05, 0.1) is 12.4 Å². The van der Waals surface area contributed by atoms with Crippen molar-refractivity contribution in [2.45, 2.75) is 54.0 Å². The van der Waals surface area contributed by atoms with Gasteiger partial charge in [-0.25, -0.2) is 4.98 Å². The zero-order valence-electron chi connectivity index (χ0n) is 12.9. The smallest absolute Gasteiger partial charge is 0.147 e. The summed E-state index contributed by atoms with van der Waals surface area (Å²) >= 11 is 0. The number of nitrogens with zero attached hydrogens (tertiary/aromatic N) is 2. The first-order chi connectivity index (χ1) is 8.65. The van der Waals surface area contributed by atoms with Crippen molar-refractivity contribution in [2.75, 3.05) is 6.54 Å². The SMILES string of the molecule is CC.CC.CCNC(Cc1cncn1C)C(C)=O. The number of hydrogen-bond acceptors (Lipinski definition) is 3. The van der Waals surface area contributed by atoms with Gasteiger partial charge in [-0.05, 0) is 13.5 Å². The molecule has 106 valence electrons. The number of aryl methyl sites for hydroxylation is 1. The van der Waals surface area contributed by atoms with E-state index < -0.39 is 0 Å². The summed E-state index contributed by atoms with van der Waals surface area (Å²) in [7, 11) is 1.94. The van der Waals surface area contributed by atoms with Crippen molar-refractivity contribution < 1.29 is 4.79 Å². The number of rotatable bonds is 5. The first kappa shape index (κ1) is 19.2. The minimum Gasteiger partial charge on any atom is -0.338 e. The van der Waals surface area contributed by atoms with Gasteiger partial charge in [-0.2, -0.15) is 0 Å². The molecule has 1 aromatic rings. The second kappa shape index (κ2) is 12.3. The Labute approximate surface area is 112 Å². The molecule has 1 N–H and O–H groups in total. The maximum Gasteiger partial charge on any atom is 0.147 e. The average molecular weight is 255 g/mol. The Morgan fingerprint density at radius 2 is 1.94 bits per heavy atom. The zero-order chi connectivity index (χ0) is 14.6. The number of hydrogen-bond donors (Lipinski definition) is 1. The summed E-state index contributed by atoms with van der Waals surface area (Å²) in [4.78, 5) is 15.3. The van der Waals surface area contributed by atoms with Gasteiger partial charge in [-0.1, -0.05) is 34.6 Å². The summed E-state index contributed by atoms with van der Waals surface area (Å²) < 4.78 is 1.94. The van der Waals surface area contributed by atoms with Crippen molar-refractivity contribution in [2.24, 2.45) is 7.05 Å². The molecular weight excluding hydrogens is 226 g/mol. The largest absolute Gasteiger partial charge is 0.338 e. The molecule has 1 atom stereocenters. The van der Waals surface area contributed by atoms with E-state index in [0.717, 1.165) is 12.2 Å². The van der Waals surface area contributed by atoms with Gasteiger partial charge in [0.25, 0.3) is 0 Å². The molecule has 0 aliphatic heterocycles. The van der Waals surface area contributed by atoms with Gasteiger partial charge in [0.15, 0.2) is 0 Å². The van der Waals surface area contributed by atoms with Gasteiger partial charge in [0, 0.05) is 25.4 Å². The Morgan fingerprint density at radius 3 is 2.28 bits per heavy atom. The van der Waals surface area contributed by atoms with Gasteiger partial charge in [-0.15, -0.1) is 0 Å². The Balaban J connectivity index is 0. The van der Waals surface area contributed by atoms with Crippen LogP contribution >= 0.6 is 0 Å². The molecule has 0 saturated carbocycles. The summed E-state index contributed by atoms with van der Waals surface area (Å²) in [6.07, 6.45) is 4.26. The van der Waals surface area contributed by atoms with Gasteiger partial charge >= 0.3 is 0 Å². The number of carbonyl (C=O) groups is 1. The molecule has 0 saturated heterocycles. The highest BCUT2D eigenvalue weighted by molar-refractivity contribution is 5.81. The van der Waals surface area contributed by atoms with E-state index in [-0.39, 0.29) is 11.8 Å². The van der Waals surface area contributed by atoms with Crippen LogP contribution in [0.2, 0.25) is 0 Å². The molecule has 0 radical (unpaired) electrons. The van der Waals surface area contributed by atoms with Crippen LogP contribution < -0.4 is 5.32 Å². The molecule has 0 aliphatic carbocycles. The maximum absolute atomic E-state index is 11.3. The van der Waals surface area contributed by atoms with E-state index in [1.165, 1.54) is 0 Å². The number of ketones is 1. The number of nitrogens with one attached hydrogen (secondary N) is 1. The first-order valence-electron chi connectivity index (χ1n) is 6.84. The van der Waals surface area contributed by atoms with Gasteiger partial charge in [-0.3, -0.25) is 4.79 Å². The molecule has 18 heavy (non-hydrogen) atoms. The van der Waals surface area contributed by atoms with E-state index in [4.69, 9.17) is 0 Å². The van der Waals surface area contributed by atoms with E-state index >= 15 is 0 Å². The highest BCUT2D eigenvalue weighted by Crippen LogP contribution is 2.02. The molecular formula is C14H29N3O. The quantitative estimate of drug-likeness (QED) is 0.879. The van der Waals surface area contributed by atoms with Crippen LogP contribution in [0.25, 0.3) is 0 Å². The lowest BCUT2D eigenvalue weighted by atomic mass is 10.1. The van der Waals surface area contributed by atoms with Crippen LogP contribution in [0.1, 0.15) is 47.2 Å². The normalized spacial score (nSPS) is 10.6. The molecule has 0 bridgehead atoms. The van der Waals surface area contributed by atoms with Crippen LogP contribution in [0.3, 0.4) is 0 Å². The summed E-state index contributed by atoms with van der Waals surface area (Å²) in [6, 6.07) is -0.0876. The fourth-order valence-electron chi connectivity index (χ4n) is 1.40. The third-order valence-electron chi connectivity index (χ3n) is 2.27. The van der Waals surface area contributed by atoms with Crippen LogP contribution in [0.5, 0.6) is 0 Å². The minimum absolute atomic E-state index is 0.0876. The predicted octanol–water partition coefficient (Wildman–Crippen LogP) is 2.58. The third kappa shape index (κ3) is 7.22. The van der Waals surface area contributed by atoms with Crippen molar-refractivity contribution in [3.8, 4) is 0 Å². The molecule has 0 aliphatic rings. The topological polar surface area (TPSA) is 46.9 Å². The second-order valence-electron chi connectivity index (χ2n) is 3.42. The predicted molar refractivity (Wildman–Crippen MR) is 77.8 cm³/mol. The summed E-state index contributed by atoms with van der Waals surface area (Å²) in [5, 5.41) is 3.16. The van der Waals surface area contributed by atoms with Gasteiger partial charge in [0.2, 0.25) is 0 Å². The van der Waals surface area contributed by atoms with Gasteiger partial charge < -0.3 is 9.88 Å². The summed E-state index contributed by atoms with van der Waals surface area (Å²) in [5.41, 5.74) is 1.08. The van der Waals surface area contributed by atoms with Crippen LogP contribution in [0.15, 0.2) is 12.5 Å². The van der Waals surface area contributed by atoms with Crippen molar-refractivity contribution in [3.63, 3.8) is 0 Å². The van der Waals surface area contributed by atoms with Crippen molar-refractivity contribution >= 4 is 5.78 Å². The monoisotopic (exact) mass is 255 g/mol. The Hall–Kier alpha value is -1.16. The molecule has 4 heteroatoms. The Morgan fingerprint density at radius 1 is 1.39 bits per heavy atom. The third-order valence-corrected chi connectivity index (χ3v) is 2.27. The highest BCUT2D eigenvalue weighted by atomic mass is 16.1.